The Morgan fingerprint density at radius 3 is 2.16 bits per heavy atom. The molecule has 0 atom stereocenters. The molecule has 166 valence electrons. The molecule has 1 heterocycles. The number of nitrogens with zero attached hydrogens (tertiary/aromatic N) is 2. The first-order valence-corrected chi connectivity index (χ1v) is 11.4. The van der Waals surface area contributed by atoms with Crippen LogP contribution in [0.15, 0.2) is 91.0 Å². The molecular formula is C28H32N2O2. The fourth-order valence-electron chi connectivity index (χ4n) is 3.81. The van der Waals surface area contributed by atoms with Crippen LogP contribution in [-0.4, -0.2) is 55.7 Å². The Balaban J connectivity index is 1.14. The molecule has 32 heavy (non-hydrogen) atoms. The number of hydrogen-bond acceptors (Lipinski definition) is 4. The first kappa shape index (κ1) is 22.3. The lowest BCUT2D eigenvalue weighted by atomic mass is 10.2. The van der Waals surface area contributed by atoms with Crippen LogP contribution < -0.4 is 4.74 Å². The van der Waals surface area contributed by atoms with Crippen molar-refractivity contribution in [3.8, 4) is 11.5 Å². The van der Waals surface area contributed by atoms with E-state index >= 15 is 0 Å². The van der Waals surface area contributed by atoms with E-state index in [1.807, 2.05) is 48.5 Å². The van der Waals surface area contributed by atoms with Gasteiger partial charge in [-0.1, -0.05) is 78.9 Å². The first-order chi connectivity index (χ1) is 15.9. The Labute approximate surface area is 191 Å². The molecule has 4 nitrogen and oxygen atoms in total. The van der Waals surface area contributed by atoms with Gasteiger partial charge >= 0.3 is 0 Å². The van der Waals surface area contributed by atoms with Crippen LogP contribution in [0.2, 0.25) is 0 Å². The van der Waals surface area contributed by atoms with E-state index in [-0.39, 0.29) is 0 Å². The second kappa shape index (κ2) is 12.2. The molecule has 0 bridgehead atoms. The van der Waals surface area contributed by atoms with Crippen LogP contribution >= 0.6 is 0 Å². The van der Waals surface area contributed by atoms with Crippen LogP contribution in [0.1, 0.15) is 11.1 Å². The second-order valence-electron chi connectivity index (χ2n) is 8.03. The molecule has 1 saturated heterocycles. The lowest BCUT2D eigenvalue weighted by Gasteiger charge is -2.34. The molecule has 0 amide bonds. The van der Waals surface area contributed by atoms with Gasteiger partial charge in [0.05, 0.1) is 13.2 Å². The SMILES string of the molecule is C(=C\c1ccccc1)/CN1CCN(CCOCc2ccccc2Oc2ccccc2)CC1. The fourth-order valence-corrected chi connectivity index (χ4v) is 3.81. The van der Waals surface area contributed by atoms with E-state index in [1.54, 1.807) is 0 Å². The van der Waals surface area contributed by atoms with Gasteiger partial charge in [0.1, 0.15) is 11.5 Å². The summed E-state index contributed by atoms with van der Waals surface area (Å²) >= 11 is 0. The van der Waals surface area contributed by atoms with Gasteiger partial charge in [0.15, 0.2) is 0 Å². The van der Waals surface area contributed by atoms with Crippen LogP contribution in [0.5, 0.6) is 11.5 Å². The molecule has 0 aliphatic carbocycles. The van der Waals surface area contributed by atoms with Crippen molar-refractivity contribution in [3.63, 3.8) is 0 Å². The van der Waals surface area contributed by atoms with Gasteiger partial charge in [-0.25, -0.2) is 0 Å². The number of benzene rings is 3. The Morgan fingerprint density at radius 1 is 0.719 bits per heavy atom. The third-order valence-corrected chi connectivity index (χ3v) is 5.69. The van der Waals surface area contributed by atoms with Crippen molar-refractivity contribution in [1.82, 2.24) is 9.80 Å². The summed E-state index contributed by atoms with van der Waals surface area (Å²) in [6.45, 7) is 7.67. The summed E-state index contributed by atoms with van der Waals surface area (Å²) in [7, 11) is 0. The Bertz CT molecular complexity index is 951. The van der Waals surface area contributed by atoms with Crippen molar-refractivity contribution in [2.75, 3.05) is 45.9 Å². The third-order valence-electron chi connectivity index (χ3n) is 5.69. The number of piperazine rings is 1. The van der Waals surface area contributed by atoms with Gasteiger partial charge < -0.3 is 9.47 Å². The lowest BCUT2D eigenvalue weighted by Crippen LogP contribution is -2.47. The number of hydrogen-bond donors (Lipinski definition) is 0. The molecule has 1 aliphatic rings. The highest BCUT2D eigenvalue weighted by molar-refractivity contribution is 5.48. The van der Waals surface area contributed by atoms with E-state index in [0.29, 0.717) is 6.61 Å². The minimum atomic E-state index is 0.563. The van der Waals surface area contributed by atoms with Crippen molar-refractivity contribution in [1.29, 1.82) is 0 Å². The largest absolute Gasteiger partial charge is 0.457 e. The number of ether oxygens (including phenoxy) is 2. The Kier molecular flexibility index (Phi) is 8.50. The van der Waals surface area contributed by atoms with Crippen molar-refractivity contribution < 1.29 is 9.47 Å². The first-order valence-electron chi connectivity index (χ1n) is 11.4. The zero-order valence-corrected chi connectivity index (χ0v) is 18.6. The molecule has 0 aromatic heterocycles. The summed E-state index contributed by atoms with van der Waals surface area (Å²) in [4.78, 5) is 5.00. The maximum atomic E-state index is 6.03. The monoisotopic (exact) mass is 428 g/mol. The predicted molar refractivity (Wildman–Crippen MR) is 131 cm³/mol. The number of rotatable bonds is 10. The molecule has 0 N–H and O–H groups in total. The van der Waals surface area contributed by atoms with Crippen molar-refractivity contribution >= 4 is 6.08 Å². The van der Waals surface area contributed by atoms with Crippen LogP contribution in [0, 0.1) is 0 Å². The smallest absolute Gasteiger partial charge is 0.132 e. The van der Waals surface area contributed by atoms with E-state index in [4.69, 9.17) is 9.47 Å². The predicted octanol–water partition coefficient (Wildman–Crippen LogP) is 5.33. The summed E-state index contributed by atoms with van der Waals surface area (Å²) in [6.07, 6.45) is 4.47. The molecule has 3 aromatic carbocycles. The standard InChI is InChI=1S/C28H32N2O2/c1-3-10-25(11-4-1)12-9-17-29-18-20-30(21-19-29)22-23-31-24-26-13-7-8-16-28(26)32-27-14-5-2-6-15-27/h1-16H,17-24H2/b12-9+. The van der Waals surface area contributed by atoms with Gasteiger partial charge in [-0.3, -0.25) is 9.80 Å². The average molecular weight is 429 g/mol. The summed E-state index contributed by atoms with van der Waals surface area (Å²) in [5.74, 6) is 1.70. The highest BCUT2D eigenvalue weighted by atomic mass is 16.5. The van der Waals surface area contributed by atoms with Crippen molar-refractivity contribution in [2.24, 2.45) is 0 Å². The molecular weight excluding hydrogens is 396 g/mol. The summed E-state index contributed by atoms with van der Waals surface area (Å²) in [6, 6.07) is 28.5. The van der Waals surface area contributed by atoms with E-state index in [2.05, 4.69) is 58.4 Å². The zero-order chi connectivity index (χ0) is 21.8. The number of para-hydroxylation sites is 2. The zero-order valence-electron chi connectivity index (χ0n) is 18.6. The maximum Gasteiger partial charge on any atom is 0.132 e. The summed E-state index contributed by atoms with van der Waals surface area (Å²) in [5, 5.41) is 0. The highest BCUT2D eigenvalue weighted by Gasteiger charge is 2.15. The normalized spacial score (nSPS) is 15.2. The quantitative estimate of drug-likeness (QED) is 0.408. The van der Waals surface area contributed by atoms with Crippen LogP contribution in [0.3, 0.4) is 0 Å². The van der Waals surface area contributed by atoms with Gasteiger partial charge in [-0.15, -0.1) is 0 Å². The molecule has 1 fully saturated rings. The van der Waals surface area contributed by atoms with Crippen LogP contribution in [-0.2, 0) is 11.3 Å². The highest BCUT2D eigenvalue weighted by Crippen LogP contribution is 2.25. The molecule has 3 aromatic rings. The van der Waals surface area contributed by atoms with E-state index < -0.39 is 0 Å². The second-order valence-corrected chi connectivity index (χ2v) is 8.03. The molecule has 0 spiro atoms. The molecule has 1 aliphatic heterocycles. The fraction of sp³-hybridized carbons (Fsp3) is 0.286. The van der Waals surface area contributed by atoms with Crippen LogP contribution in [0.25, 0.3) is 6.08 Å². The molecule has 4 heteroatoms. The van der Waals surface area contributed by atoms with Gasteiger partial charge in [0, 0.05) is 44.8 Å². The van der Waals surface area contributed by atoms with Gasteiger partial charge in [0.25, 0.3) is 0 Å². The van der Waals surface area contributed by atoms with Gasteiger partial charge in [-0.05, 0) is 23.8 Å². The van der Waals surface area contributed by atoms with Crippen LogP contribution in [0.4, 0.5) is 0 Å². The lowest BCUT2D eigenvalue weighted by molar-refractivity contribution is 0.0704. The molecule has 0 unspecified atom stereocenters. The Hall–Kier alpha value is -2.92. The van der Waals surface area contributed by atoms with E-state index in [1.165, 1.54) is 5.56 Å². The minimum Gasteiger partial charge on any atom is -0.457 e. The summed E-state index contributed by atoms with van der Waals surface area (Å²) in [5.41, 5.74) is 2.34. The average Bonchev–Trinajstić information content (AvgIpc) is 2.85. The third kappa shape index (κ3) is 7.06. The maximum absolute atomic E-state index is 6.03. The Morgan fingerprint density at radius 2 is 1.38 bits per heavy atom. The molecule has 4 rings (SSSR count). The minimum absolute atomic E-state index is 0.563. The van der Waals surface area contributed by atoms with E-state index in [0.717, 1.165) is 62.9 Å². The van der Waals surface area contributed by atoms with Gasteiger partial charge in [0.2, 0.25) is 0 Å². The van der Waals surface area contributed by atoms with E-state index in [9.17, 15) is 0 Å². The summed E-state index contributed by atoms with van der Waals surface area (Å²) < 4.78 is 12.0. The van der Waals surface area contributed by atoms with Gasteiger partial charge in [-0.2, -0.15) is 0 Å². The van der Waals surface area contributed by atoms with Crippen molar-refractivity contribution in [3.05, 3.63) is 102 Å². The van der Waals surface area contributed by atoms with Crippen molar-refractivity contribution in [2.45, 2.75) is 6.61 Å². The molecule has 0 radical (unpaired) electrons. The topological polar surface area (TPSA) is 24.9 Å². The molecule has 0 saturated carbocycles.